The molecule has 1 fully saturated rings. The Morgan fingerprint density at radius 1 is 1.57 bits per heavy atom. The van der Waals surface area contributed by atoms with E-state index in [4.69, 9.17) is 4.74 Å². The third kappa shape index (κ3) is 2.30. The molecule has 78 valence electrons. The first kappa shape index (κ1) is 9.61. The average Bonchev–Trinajstić information content (AvgIpc) is 2.63. The Morgan fingerprint density at radius 2 is 2.36 bits per heavy atom. The van der Waals surface area contributed by atoms with Crippen LogP contribution in [0.3, 0.4) is 0 Å². The smallest absolute Gasteiger partial charge is 0.140 e. The van der Waals surface area contributed by atoms with Crippen molar-refractivity contribution in [3.63, 3.8) is 0 Å². The van der Waals surface area contributed by atoms with Gasteiger partial charge in [0.05, 0.1) is 6.54 Å². The number of ether oxygens (including phenoxy) is 1. The maximum absolute atomic E-state index is 5.29. The summed E-state index contributed by atoms with van der Waals surface area (Å²) in [4.78, 5) is 4.16. The molecule has 0 spiro atoms. The van der Waals surface area contributed by atoms with E-state index in [0.717, 1.165) is 38.4 Å². The predicted molar refractivity (Wildman–Crippen MR) is 51.7 cm³/mol. The molecule has 0 unspecified atom stereocenters. The number of aryl methyl sites for hydroxylation is 1. The molecule has 14 heavy (non-hydrogen) atoms. The SMILES string of the molecule is Cn1ncnc1CNC1CCOCC1. The molecule has 0 atom stereocenters. The lowest BCUT2D eigenvalue weighted by atomic mass is 10.1. The van der Waals surface area contributed by atoms with Crippen molar-refractivity contribution in [1.29, 1.82) is 0 Å². The van der Waals surface area contributed by atoms with Gasteiger partial charge >= 0.3 is 0 Å². The second kappa shape index (κ2) is 4.52. The zero-order valence-corrected chi connectivity index (χ0v) is 8.44. The topological polar surface area (TPSA) is 52.0 Å². The molecule has 0 bridgehead atoms. The van der Waals surface area contributed by atoms with E-state index in [-0.39, 0.29) is 0 Å². The Labute approximate surface area is 83.5 Å². The Kier molecular flexibility index (Phi) is 3.10. The molecule has 1 aromatic rings. The largest absolute Gasteiger partial charge is 0.381 e. The van der Waals surface area contributed by atoms with Crippen LogP contribution in [0, 0.1) is 0 Å². The second-order valence-corrected chi connectivity index (χ2v) is 3.57. The van der Waals surface area contributed by atoms with Gasteiger partial charge in [-0.3, -0.25) is 4.68 Å². The zero-order valence-electron chi connectivity index (χ0n) is 8.44. The summed E-state index contributed by atoms with van der Waals surface area (Å²) in [6.45, 7) is 2.54. The van der Waals surface area contributed by atoms with Crippen LogP contribution in [0.25, 0.3) is 0 Å². The summed E-state index contributed by atoms with van der Waals surface area (Å²) in [5.41, 5.74) is 0. The quantitative estimate of drug-likeness (QED) is 0.744. The highest BCUT2D eigenvalue weighted by atomic mass is 16.5. The molecule has 0 amide bonds. The molecular weight excluding hydrogens is 180 g/mol. The van der Waals surface area contributed by atoms with Crippen molar-refractivity contribution in [2.75, 3.05) is 13.2 Å². The van der Waals surface area contributed by atoms with Gasteiger partial charge in [0.1, 0.15) is 12.2 Å². The summed E-state index contributed by atoms with van der Waals surface area (Å²) in [6, 6.07) is 0.570. The zero-order chi connectivity index (χ0) is 9.80. The van der Waals surface area contributed by atoms with E-state index in [2.05, 4.69) is 15.4 Å². The third-order valence-electron chi connectivity index (χ3n) is 2.58. The van der Waals surface area contributed by atoms with Crippen molar-refractivity contribution in [2.45, 2.75) is 25.4 Å². The maximum Gasteiger partial charge on any atom is 0.140 e. The lowest BCUT2D eigenvalue weighted by molar-refractivity contribution is 0.0773. The summed E-state index contributed by atoms with van der Waals surface area (Å²) in [6.07, 6.45) is 3.77. The van der Waals surface area contributed by atoms with E-state index in [9.17, 15) is 0 Å². The van der Waals surface area contributed by atoms with Gasteiger partial charge in [-0.2, -0.15) is 5.10 Å². The van der Waals surface area contributed by atoms with Crippen molar-refractivity contribution in [2.24, 2.45) is 7.05 Å². The number of aromatic nitrogens is 3. The normalized spacial score (nSPS) is 18.6. The summed E-state index contributed by atoms with van der Waals surface area (Å²) >= 11 is 0. The van der Waals surface area contributed by atoms with E-state index < -0.39 is 0 Å². The molecule has 0 aliphatic carbocycles. The highest BCUT2D eigenvalue weighted by molar-refractivity contribution is 4.84. The van der Waals surface area contributed by atoms with Crippen molar-refractivity contribution >= 4 is 0 Å². The molecule has 1 aliphatic rings. The molecule has 1 aliphatic heterocycles. The Balaban J connectivity index is 1.79. The fraction of sp³-hybridized carbons (Fsp3) is 0.778. The Bertz CT molecular complexity index is 280. The van der Waals surface area contributed by atoms with Gasteiger partial charge in [-0.25, -0.2) is 4.98 Å². The molecular formula is C9H16N4O. The van der Waals surface area contributed by atoms with E-state index in [0.29, 0.717) is 6.04 Å². The van der Waals surface area contributed by atoms with Crippen LogP contribution in [0.1, 0.15) is 18.7 Å². The van der Waals surface area contributed by atoms with Crippen molar-refractivity contribution in [3.05, 3.63) is 12.2 Å². The van der Waals surface area contributed by atoms with Gasteiger partial charge in [0.15, 0.2) is 0 Å². The second-order valence-electron chi connectivity index (χ2n) is 3.57. The molecule has 2 heterocycles. The number of hydrogen-bond acceptors (Lipinski definition) is 4. The van der Waals surface area contributed by atoms with Crippen LogP contribution in [0.5, 0.6) is 0 Å². The fourth-order valence-electron chi connectivity index (χ4n) is 1.62. The molecule has 1 saturated heterocycles. The highest BCUT2D eigenvalue weighted by Gasteiger charge is 2.13. The van der Waals surface area contributed by atoms with Crippen LogP contribution in [0.4, 0.5) is 0 Å². The van der Waals surface area contributed by atoms with Gasteiger partial charge in [0, 0.05) is 26.3 Å². The highest BCUT2D eigenvalue weighted by Crippen LogP contribution is 2.06. The first-order valence-corrected chi connectivity index (χ1v) is 5.00. The lowest BCUT2D eigenvalue weighted by Gasteiger charge is -2.22. The van der Waals surface area contributed by atoms with Crippen LogP contribution >= 0.6 is 0 Å². The van der Waals surface area contributed by atoms with Gasteiger partial charge in [0.2, 0.25) is 0 Å². The predicted octanol–water partition coefficient (Wildman–Crippen LogP) is 0.0837. The van der Waals surface area contributed by atoms with Gasteiger partial charge in [-0.1, -0.05) is 0 Å². The Hall–Kier alpha value is -0.940. The van der Waals surface area contributed by atoms with Gasteiger partial charge in [-0.15, -0.1) is 0 Å². The van der Waals surface area contributed by atoms with Crippen LogP contribution in [-0.4, -0.2) is 34.0 Å². The molecule has 1 N–H and O–H groups in total. The molecule has 2 rings (SSSR count). The molecule has 5 heteroatoms. The summed E-state index contributed by atoms with van der Waals surface area (Å²) < 4.78 is 7.09. The van der Waals surface area contributed by atoms with Crippen LogP contribution < -0.4 is 5.32 Å². The van der Waals surface area contributed by atoms with Gasteiger partial charge in [0.25, 0.3) is 0 Å². The molecule has 5 nitrogen and oxygen atoms in total. The first-order valence-electron chi connectivity index (χ1n) is 5.00. The van der Waals surface area contributed by atoms with Gasteiger partial charge in [-0.05, 0) is 12.8 Å². The minimum atomic E-state index is 0.570. The van der Waals surface area contributed by atoms with Crippen LogP contribution in [0.15, 0.2) is 6.33 Å². The maximum atomic E-state index is 5.29. The number of rotatable bonds is 3. The van der Waals surface area contributed by atoms with E-state index >= 15 is 0 Å². The summed E-state index contributed by atoms with van der Waals surface area (Å²) in [5.74, 6) is 0.983. The molecule has 0 saturated carbocycles. The first-order chi connectivity index (χ1) is 6.86. The van der Waals surface area contributed by atoms with Crippen molar-refractivity contribution < 1.29 is 4.74 Å². The number of nitrogens with zero attached hydrogens (tertiary/aromatic N) is 3. The van der Waals surface area contributed by atoms with E-state index in [1.807, 2.05) is 7.05 Å². The lowest BCUT2D eigenvalue weighted by Crippen LogP contribution is -2.34. The van der Waals surface area contributed by atoms with E-state index in [1.165, 1.54) is 0 Å². The Morgan fingerprint density at radius 3 is 3.00 bits per heavy atom. The summed E-state index contributed by atoms with van der Waals surface area (Å²) in [5, 5.41) is 7.48. The third-order valence-corrected chi connectivity index (χ3v) is 2.58. The minimum Gasteiger partial charge on any atom is -0.381 e. The van der Waals surface area contributed by atoms with Crippen LogP contribution in [-0.2, 0) is 18.3 Å². The monoisotopic (exact) mass is 196 g/mol. The molecule has 0 aromatic carbocycles. The molecule has 0 radical (unpaired) electrons. The van der Waals surface area contributed by atoms with Crippen molar-refractivity contribution in [1.82, 2.24) is 20.1 Å². The minimum absolute atomic E-state index is 0.570. The average molecular weight is 196 g/mol. The molecule has 1 aromatic heterocycles. The van der Waals surface area contributed by atoms with Crippen LogP contribution in [0.2, 0.25) is 0 Å². The summed E-state index contributed by atoms with van der Waals surface area (Å²) in [7, 11) is 1.91. The standard InChI is InChI=1S/C9H16N4O/c1-13-9(11-7-12-13)6-10-8-2-4-14-5-3-8/h7-8,10H,2-6H2,1H3. The van der Waals surface area contributed by atoms with E-state index in [1.54, 1.807) is 11.0 Å². The van der Waals surface area contributed by atoms with Crippen molar-refractivity contribution in [3.8, 4) is 0 Å². The fourth-order valence-corrected chi connectivity index (χ4v) is 1.62. The number of hydrogen-bond donors (Lipinski definition) is 1. The van der Waals surface area contributed by atoms with Gasteiger partial charge < -0.3 is 10.1 Å². The number of nitrogens with one attached hydrogen (secondary N) is 1.